The maximum Gasteiger partial charge on any atom is 0.254 e. The Bertz CT molecular complexity index is 1090. The third-order valence-electron chi connectivity index (χ3n) is 4.64. The van der Waals surface area contributed by atoms with E-state index in [1.165, 1.54) is 42.6 Å². The Morgan fingerprint density at radius 3 is 2.47 bits per heavy atom. The van der Waals surface area contributed by atoms with Gasteiger partial charge in [-0.3, -0.25) is 9.59 Å². The molecule has 6 nitrogen and oxygen atoms in total. The number of ether oxygens (including phenoxy) is 1. The average molecular weight is 439 g/mol. The molecule has 1 aromatic heterocycles. The molecule has 0 saturated carbocycles. The van der Waals surface area contributed by atoms with Gasteiger partial charge in [-0.05, 0) is 35.7 Å². The van der Waals surface area contributed by atoms with Gasteiger partial charge in [0.1, 0.15) is 23.4 Å². The summed E-state index contributed by atoms with van der Waals surface area (Å²) < 4.78 is 32.6. The van der Waals surface area contributed by atoms with Crippen molar-refractivity contribution >= 4 is 11.8 Å². The number of nitrogens with one attached hydrogen (secondary N) is 2. The summed E-state index contributed by atoms with van der Waals surface area (Å²) in [5.41, 5.74) is 0.580. The summed E-state index contributed by atoms with van der Waals surface area (Å²) in [5, 5.41) is 5.34. The van der Waals surface area contributed by atoms with Crippen molar-refractivity contribution in [1.29, 1.82) is 0 Å². The summed E-state index contributed by atoms with van der Waals surface area (Å²) in [6.45, 7) is 3.74. The van der Waals surface area contributed by atoms with Crippen LogP contribution in [-0.2, 0) is 11.3 Å². The van der Waals surface area contributed by atoms with Crippen LogP contribution in [0.1, 0.15) is 29.8 Å². The Morgan fingerprint density at radius 1 is 1.03 bits per heavy atom. The van der Waals surface area contributed by atoms with E-state index in [1.807, 2.05) is 0 Å². The summed E-state index contributed by atoms with van der Waals surface area (Å²) in [6, 6.07) is 13.8. The zero-order chi connectivity index (χ0) is 23.1. The van der Waals surface area contributed by atoms with Crippen molar-refractivity contribution in [3.63, 3.8) is 0 Å². The molecule has 0 bridgehead atoms. The molecule has 1 atom stereocenters. The second-order valence-electron chi connectivity index (χ2n) is 7.46. The molecule has 3 rings (SSSR count). The maximum absolute atomic E-state index is 13.9. The summed E-state index contributed by atoms with van der Waals surface area (Å²) >= 11 is 0. The molecule has 0 fully saturated rings. The molecule has 3 aromatic rings. The molecule has 0 aliphatic carbocycles. The normalized spacial score (nSPS) is 11.7. The van der Waals surface area contributed by atoms with Crippen molar-refractivity contribution in [3.8, 4) is 11.6 Å². The lowest BCUT2D eigenvalue weighted by Gasteiger charge is -2.22. The highest BCUT2D eigenvalue weighted by Gasteiger charge is 2.25. The van der Waals surface area contributed by atoms with Crippen molar-refractivity contribution in [1.82, 2.24) is 15.6 Å². The molecule has 2 amide bonds. The molecular weight excluding hydrogens is 416 g/mol. The summed E-state index contributed by atoms with van der Waals surface area (Å²) in [6.07, 6.45) is 1.53. The van der Waals surface area contributed by atoms with Crippen LogP contribution in [0.2, 0.25) is 0 Å². The number of amides is 2. The number of pyridine rings is 1. The second kappa shape index (κ2) is 10.5. The van der Waals surface area contributed by atoms with Crippen molar-refractivity contribution in [2.75, 3.05) is 0 Å². The number of hydrogen-bond acceptors (Lipinski definition) is 4. The van der Waals surface area contributed by atoms with Gasteiger partial charge in [0.25, 0.3) is 5.91 Å². The highest BCUT2D eigenvalue weighted by atomic mass is 19.1. The predicted molar refractivity (Wildman–Crippen MR) is 115 cm³/mol. The number of aromatic nitrogens is 1. The Balaban J connectivity index is 1.57. The molecule has 0 saturated heterocycles. The molecule has 2 N–H and O–H groups in total. The minimum atomic E-state index is -0.842. The molecule has 1 unspecified atom stereocenters. The fraction of sp³-hybridized carbons (Fsp3) is 0.208. The van der Waals surface area contributed by atoms with Gasteiger partial charge in [-0.1, -0.05) is 38.1 Å². The third kappa shape index (κ3) is 6.10. The Hall–Kier alpha value is -3.81. The van der Waals surface area contributed by atoms with Crippen LogP contribution in [-0.4, -0.2) is 22.8 Å². The molecular formula is C24H23F2N3O3. The second-order valence-corrected chi connectivity index (χ2v) is 7.46. The van der Waals surface area contributed by atoms with E-state index in [-0.39, 0.29) is 23.9 Å². The van der Waals surface area contributed by atoms with Crippen LogP contribution in [0.4, 0.5) is 8.78 Å². The number of nitrogens with zero attached hydrogens (tertiary/aromatic N) is 1. The summed E-state index contributed by atoms with van der Waals surface area (Å²) in [7, 11) is 0. The Labute approximate surface area is 184 Å². The predicted octanol–water partition coefficient (Wildman–Crippen LogP) is 4.22. The monoisotopic (exact) mass is 439 g/mol. The van der Waals surface area contributed by atoms with E-state index in [9.17, 15) is 18.4 Å². The van der Waals surface area contributed by atoms with Gasteiger partial charge in [-0.25, -0.2) is 13.8 Å². The lowest BCUT2D eigenvalue weighted by Crippen LogP contribution is -2.49. The van der Waals surface area contributed by atoms with Crippen molar-refractivity contribution in [2.24, 2.45) is 5.92 Å². The average Bonchev–Trinajstić information content (AvgIpc) is 2.77. The van der Waals surface area contributed by atoms with Gasteiger partial charge in [0, 0.05) is 24.9 Å². The number of carbonyl (C=O) groups is 2. The largest absolute Gasteiger partial charge is 0.439 e. The van der Waals surface area contributed by atoms with Crippen molar-refractivity contribution in [3.05, 3.63) is 89.6 Å². The molecule has 0 spiro atoms. The fourth-order valence-corrected chi connectivity index (χ4v) is 2.93. The van der Waals surface area contributed by atoms with Gasteiger partial charge in [0.2, 0.25) is 11.8 Å². The van der Waals surface area contributed by atoms with E-state index in [2.05, 4.69) is 15.6 Å². The summed E-state index contributed by atoms with van der Waals surface area (Å²) in [5.74, 6) is -1.73. The van der Waals surface area contributed by atoms with Crippen LogP contribution >= 0.6 is 0 Å². The zero-order valence-electron chi connectivity index (χ0n) is 17.6. The van der Waals surface area contributed by atoms with Crippen LogP contribution in [0, 0.1) is 17.6 Å². The molecule has 0 radical (unpaired) electrons. The number of hydrogen-bond donors (Lipinski definition) is 2. The molecule has 8 heteroatoms. The minimum absolute atomic E-state index is 0.121. The van der Waals surface area contributed by atoms with Gasteiger partial charge in [0.15, 0.2) is 0 Å². The van der Waals surface area contributed by atoms with Crippen LogP contribution < -0.4 is 15.4 Å². The molecule has 2 aromatic carbocycles. The number of rotatable bonds is 8. The lowest BCUT2D eigenvalue weighted by atomic mass is 10.0. The third-order valence-corrected chi connectivity index (χ3v) is 4.64. The van der Waals surface area contributed by atoms with E-state index in [4.69, 9.17) is 4.74 Å². The van der Waals surface area contributed by atoms with Crippen LogP contribution in [0.25, 0.3) is 0 Å². The topological polar surface area (TPSA) is 80.3 Å². The minimum Gasteiger partial charge on any atom is -0.439 e. The molecule has 166 valence electrons. The van der Waals surface area contributed by atoms with E-state index in [0.29, 0.717) is 11.3 Å². The van der Waals surface area contributed by atoms with E-state index in [0.717, 1.165) is 0 Å². The van der Waals surface area contributed by atoms with Gasteiger partial charge in [-0.15, -0.1) is 0 Å². The van der Waals surface area contributed by atoms with Gasteiger partial charge < -0.3 is 15.4 Å². The quantitative estimate of drug-likeness (QED) is 0.551. The highest BCUT2D eigenvalue weighted by molar-refractivity contribution is 5.97. The fourth-order valence-electron chi connectivity index (χ4n) is 2.93. The molecule has 1 heterocycles. The molecule has 32 heavy (non-hydrogen) atoms. The van der Waals surface area contributed by atoms with Crippen LogP contribution in [0.5, 0.6) is 11.6 Å². The lowest BCUT2D eigenvalue weighted by molar-refractivity contribution is -0.124. The molecule has 0 aliphatic rings. The highest BCUT2D eigenvalue weighted by Crippen LogP contribution is 2.20. The van der Waals surface area contributed by atoms with Crippen LogP contribution in [0.3, 0.4) is 0 Å². The number of carbonyl (C=O) groups excluding carboxylic acids is 2. The number of benzene rings is 2. The Kier molecular flexibility index (Phi) is 7.49. The zero-order valence-corrected chi connectivity index (χ0v) is 17.6. The molecule has 0 aliphatic heterocycles. The first kappa shape index (κ1) is 22.9. The first-order valence-electron chi connectivity index (χ1n) is 10.0. The van der Waals surface area contributed by atoms with E-state index in [1.54, 1.807) is 38.1 Å². The number of halogens is 2. The van der Waals surface area contributed by atoms with Gasteiger partial charge in [-0.2, -0.15) is 0 Å². The standard InChI is InChI=1S/C24H23F2N3O3/c1-15(2)22(29-23(30)19-8-3-4-9-20(19)26)24(31)28-14-16-10-11-21(27-13-16)32-18-7-5-6-17(25)12-18/h3-13,15,22H,14H2,1-2H3,(H,28,31)(H,29,30). The van der Waals surface area contributed by atoms with Crippen LogP contribution in [0.15, 0.2) is 66.9 Å². The Morgan fingerprint density at radius 2 is 1.81 bits per heavy atom. The smallest absolute Gasteiger partial charge is 0.254 e. The van der Waals surface area contributed by atoms with Gasteiger partial charge in [0.05, 0.1) is 5.56 Å². The van der Waals surface area contributed by atoms with E-state index >= 15 is 0 Å². The summed E-state index contributed by atoms with van der Waals surface area (Å²) in [4.78, 5) is 29.2. The van der Waals surface area contributed by atoms with E-state index < -0.39 is 29.5 Å². The SMILES string of the molecule is CC(C)C(NC(=O)c1ccccc1F)C(=O)NCc1ccc(Oc2cccc(F)c2)nc1. The van der Waals surface area contributed by atoms with Crippen molar-refractivity contribution in [2.45, 2.75) is 26.4 Å². The first-order chi connectivity index (χ1) is 15.3. The van der Waals surface area contributed by atoms with Gasteiger partial charge >= 0.3 is 0 Å². The van der Waals surface area contributed by atoms with Crippen molar-refractivity contribution < 1.29 is 23.1 Å². The first-order valence-corrected chi connectivity index (χ1v) is 10.0. The maximum atomic E-state index is 13.9.